The molecule has 154 valence electrons. The first-order valence-electron chi connectivity index (χ1n) is 8.40. The van der Waals surface area contributed by atoms with Crippen molar-refractivity contribution in [1.29, 1.82) is 0 Å². The fourth-order valence-electron chi connectivity index (χ4n) is 2.43. The summed E-state index contributed by atoms with van der Waals surface area (Å²) in [5.41, 5.74) is 0.112. The van der Waals surface area contributed by atoms with Gasteiger partial charge in [-0.3, -0.25) is 14.4 Å². The number of benzene rings is 2. The Morgan fingerprint density at radius 3 is 2.24 bits per heavy atom. The Morgan fingerprint density at radius 2 is 1.69 bits per heavy atom. The van der Waals surface area contributed by atoms with Crippen LogP contribution in [0.3, 0.4) is 0 Å². The number of alkyl halides is 3. The number of hydrogen-bond acceptors (Lipinski definition) is 5. The Labute approximate surface area is 164 Å². The number of esters is 1. The van der Waals surface area contributed by atoms with Crippen molar-refractivity contribution in [2.24, 2.45) is 0 Å². The van der Waals surface area contributed by atoms with E-state index >= 15 is 0 Å². The van der Waals surface area contributed by atoms with Gasteiger partial charge >= 0.3 is 12.1 Å². The minimum absolute atomic E-state index is 0.134. The molecule has 0 heterocycles. The molecule has 0 aliphatic heterocycles. The summed E-state index contributed by atoms with van der Waals surface area (Å²) in [6.45, 7) is 0.768. The molecule has 0 bridgehead atoms. The Morgan fingerprint density at radius 1 is 1.03 bits per heavy atom. The lowest BCUT2D eigenvalue weighted by Gasteiger charge is -2.11. The molecule has 0 fully saturated rings. The molecule has 2 aromatic carbocycles. The van der Waals surface area contributed by atoms with Crippen LogP contribution in [0.5, 0.6) is 5.75 Å². The topological polar surface area (TPSA) is 81.7 Å². The third-order valence-corrected chi connectivity index (χ3v) is 3.88. The van der Waals surface area contributed by atoms with Gasteiger partial charge in [0.05, 0.1) is 19.1 Å². The van der Waals surface area contributed by atoms with Crippen LogP contribution < -0.4 is 10.1 Å². The maximum Gasteiger partial charge on any atom is 0.416 e. The van der Waals surface area contributed by atoms with Gasteiger partial charge in [-0.05, 0) is 49.4 Å². The van der Waals surface area contributed by atoms with E-state index in [-0.39, 0.29) is 17.9 Å². The lowest BCUT2D eigenvalue weighted by molar-refractivity contribution is -0.146. The summed E-state index contributed by atoms with van der Waals surface area (Å²) in [6.07, 6.45) is -4.70. The molecule has 6 nitrogen and oxygen atoms in total. The van der Waals surface area contributed by atoms with E-state index in [0.717, 1.165) is 24.3 Å². The van der Waals surface area contributed by atoms with Crippen molar-refractivity contribution in [1.82, 2.24) is 0 Å². The molecule has 9 heteroatoms. The highest BCUT2D eigenvalue weighted by Crippen LogP contribution is 2.29. The van der Waals surface area contributed by atoms with Crippen molar-refractivity contribution in [2.45, 2.75) is 19.5 Å². The molecule has 29 heavy (non-hydrogen) atoms. The zero-order valence-electron chi connectivity index (χ0n) is 15.6. The van der Waals surface area contributed by atoms with Crippen molar-refractivity contribution in [3.8, 4) is 5.75 Å². The highest BCUT2D eigenvalue weighted by Gasteiger charge is 2.30. The van der Waals surface area contributed by atoms with Crippen LogP contribution in [0.2, 0.25) is 0 Å². The average Bonchev–Trinajstić information content (AvgIpc) is 2.66. The van der Waals surface area contributed by atoms with Gasteiger partial charge in [0, 0.05) is 16.8 Å². The smallest absolute Gasteiger partial charge is 0.416 e. The van der Waals surface area contributed by atoms with Gasteiger partial charge in [0.25, 0.3) is 5.91 Å². The van der Waals surface area contributed by atoms with Crippen LogP contribution >= 0.6 is 0 Å². The molecular weight excluding hydrogens is 391 g/mol. The zero-order valence-corrected chi connectivity index (χ0v) is 15.6. The molecule has 0 radical (unpaired) electrons. The van der Waals surface area contributed by atoms with Gasteiger partial charge in [-0.25, -0.2) is 0 Å². The number of rotatable bonds is 7. The molecule has 1 amide bonds. The van der Waals surface area contributed by atoms with E-state index < -0.39 is 30.2 Å². The zero-order chi connectivity index (χ0) is 21.6. The van der Waals surface area contributed by atoms with Crippen LogP contribution in [0.25, 0.3) is 0 Å². The molecule has 2 aromatic rings. The second-order valence-electron chi connectivity index (χ2n) is 6.04. The number of halogens is 3. The van der Waals surface area contributed by atoms with E-state index in [1.165, 1.54) is 20.1 Å². The number of nitrogens with one attached hydrogen (secondary N) is 1. The van der Waals surface area contributed by atoms with E-state index in [9.17, 15) is 27.6 Å². The van der Waals surface area contributed by atoms with Gasteiger partial charge in [-0.1, -0.05) is 0 Å². The van der Waals surface area contributed by atoms with Crippen LogP contribution in [-0.4, -0.2) is 31.4 Å². The largest absolute Gasteiger partial charge is 0.496 e. The number of anilines is 1. The monoisotopic (exact) mass is 409 g/mol. The van der Waals surface area contributed by atoms with E-state index in [0.29, 0.717) is 16.9 Å². The van der Waals surface area contributed by atoms with E-state index in [2.05, 4.69) is 5.32 Å². The lowest BCUT2D eigenvalue weighted by atomic mass is 10.0. The highest BCUT2D eigenvalue weighted by atomic mass is 19.4. The molecule has 0 unspecified atom stereocenters. The van der Waals surface area contributed by atoms with Crippen molar-refractivity contribution in [2.75, 3.05) is 19.0 Å². The molecule has 0 aliphatic carbocycles. The summed E-state index contributed by atoms with van der Waals surface area (Å²) < 4.78 is 47.6. The lowest BCUT2D eigenvalue weighted by Crippen LogP contribution is -2.22. The van der Waals surface area contributed by atoms with Crippen LogP contribution in [0.4, 0.5) is 18.9 Å². The maximum atomic E-state index is 12.5. The molecule has 0 spiro atoms. The predicted octanol–water partition coefficient (Wildman–Crippen LogP) is 3.64. The van der Waals surface area contributed by atoms with E-state index in [1.54, 1.807) is 12.1 Å². The Hall–Kier alpha value is -3.36. The van der Waals surface area contributed by atoms with E-state index in [4.69, 9.17) is 9.47 Å². The van der Waals surface area contributed by atoms with Gasteiger partial charge < -0.3 is 14.8 Å². The summed E-state index contributed by atoms with van der Waals surface area (Å²) in [6, 6.07) is 8.47. The van der Waals surface area contributed by atoms with Crippen molar-refractivity contribution in [3.63, 3.8) is 0 Å². The van der Waals surface area contributed by atoms with Crippen molar-refractivity contribution < 1.29 is 37.0 Å². The summed E-state index contributed by atoms with van der Waals surface area (Å²) in [4.78, 5) is 35.3. The van der Waals surface area contributed by atoms with Crippen molar-refractivity contribution >= 4 is 23.3 Å². The minimum Gasteiger partial charge on any atom is -0.496 e. The second kappa shape index (κ2) is 9.22. The second-order valence-corrected chi connectivity index (χ2v) is 6.04. The average molecular weight is 409 g/mol. The number of carbonyl (C=O) groups is 3. The number of methoxy groups -OCH3 is 1. The molecule has 2 rings (SSSR count). The molecule has 0 aliphatic rings. The summed E-state index contributed by atoms with van der Waals surface area (Å²) >= 11 is 0. The standard InChI is InChI=1S/C20H18F3NO5/c1-12(25)13-3-8-17(28-2)14(9-13)10-19(27)29-11-18(26)24-16-6-4-15(5-7-16)20(21,22)23/h3-9H,10-11H2,1-2H3,(H,24,26). The fraction of sp³-hybridized carbons (Fsp3) is 0.250. The first kappa shape index (κ1) is 21.9. The van der Waals surface area contributed by atoms with Gasteiger partial charge in [0.2, 0.25) is 0 Å². The molecule has 0 saturated heterocycles. The van der Waals surface area contributed by atoms with Crippen LogP contribution in [0.1, 0.15) is 28.4 Å². The number of ether oxygens (including phenoxy) is 2. The Balaban J connectivity index is 1.91. The Bertz CT molecular complexity index is 907. The molecule has 0 atom stereocenters. The third kappa shape index (κ3) is 6.34. The molecule has 0 saturated carbocycles. The number of Topliss-reactive ketones (excluding diaryl/α,β-unsaturated/α-hetero) is 1. The third-order valence-electron chi connectivity index (χ3n) is 3.88. The normalized spacial score (nSPS) is 10.9. The van der Waals surface area contributed by atoms with Gasteiger partial charge in [-0.15, -0.1) is 0 Å². The van der Waals surface area contributed by atoms with Crippen molar-refractivity contribution in [3.05, 3.63) is 59.2 Å². The quantitative estimate of drug-likeness (QED) is 0.558. The summed E-state index contributed by atoms with van der Waals surface area (Å²) in [5, 5.41) is 2.33. The SMILES string of the molecule is COc1ccc(C(C)=O)cc1CC(=O)OCC(=O)Nc1ccc(C(F)(F)F)cc1. The Kier molecular flexibility index (Phi) is 6.98. The fourth-order valence-corrected chi connectivity index (χ4v) is 2.43. The van der Waals surface area contributed by atoms with Crippen LogP contribution in [0, 0.1) is 0 Å². The summed E-state index contributed by atoms with van der Waals surface area (Å²) in [5.74, 6) is -1.23. The number of amides is 1. The maximum absolute atomic E-state index is 12.5. The van der Waals surface area contributed by atoms with Crippen LogP contribution in [-0.2, 0) is 26.9 Å². The molecular formula is C20H18F3NO5. The highest BCUT2D eigenvalue weighted by molar-refractivity contribution is 5.95. The number of carbonyl (C=O) groups excluding carboxylic acids is 3. The first-order chi connectivity index (χ1) is 13.6. The van der Waals surface area contributed by atoms with Gasteiger partial charge in [0.1, 0.15) is 5.75 Å². The molecule has 0 aromatic heterocycles. The van der Waals surface area contributed by atoms with Crippen LogP contribution in [0.15, 0.2) is 42.5 Å². The molecule has 1 N–H and O–H groups in total. The number of ketones is 1. The first-order valence-corrected chi connectivity index (χ1v) is 8.40. The summed E-state index contributed by atoms with van der Waals surface area (Å²) in [7, 11) is 1.41. The van der Waals surface area contributed by atoms with Gasteiger partial charge in [-0.2, -0.15) is 13.2 Å². The van der Waals surface area contributed by atoms with Gasteiger partial charge in [0.15, 0.2) is 12.4 Å². The predicted molar refractivity (Wildman–Crippen MR) is 97.7 cm³/mol. The minimum atomic E-state index is -4.47. The number of hydrogen-bond donors (Lipinski definition) is 1. The van der Waals surface area contributed by atoms with E-state index in [1.807, 2.05) is 0 Å².